The lowest BCUT2D eigenvalue weighted by molar-refractivity contribution is -0.119. The first-order valence-electron chi connectivity index (χ1n) is 15.8. The summed E-state index contributed by atoms with van der Waals surface area (Å²) in [5.74, 6) is 1.05. The summed E-state index contributed by atoms with van der Waals surface area (Å²) in [7, 11) is 4.94. The molecule has 0 radical (unpaired) electrons. The highest BCUT2D eigenvalue weighted by atomic mass is 35.5. The lowest BCUT2D eigenvalue weighted by Gasteiger charge is -2.17. The van der Waals surface area contributed by atoms with Gasteiger partial charge in [0.25, 0.3) is 0 Å². The molecule has 2 aliphatic rings. The predicted molar refractivity (Wildman–Crippen MR) is 182 cm³/mol. The van der Waals surface area contributed by atoms with Crippen LogP contribution in [0, 0.1) is 0 Å². The van der Waals surface area contributed by atoms with Crippen LogP contribution in [0.25, 0.3) is 33.6 Å². The fraction of sp³-hybridized carbons (Fsp3) is 0.400. The number of rotatable bonds is 12. The number of amides is 1. The molecule has 4 aromatic rings. The van der Waals surface area contributed by atoms with E-state index in [2.05, 4.69) is 15.2 Å². The topological polar surface area (TPSA) is 112 Å². The number of ether oxygens (including phenoxy) is 3. The van der Waals surface area contributed by atoms with E-state index in [4.69, 9.17) is 52.4 Å². The minimum absolute atomic E-state index is 0.126. The fourth-order valence-electron chi connectivity index (χ4n) is 6.29. The van der Waals surface area contributed by atoms with Crippen molar-refractivity contribution in [3.63, 3.8) is 0 Å². The first kappa shape index (κ1) is 33.1. The number of likely N-dealkylation sites (tertiary alicyclic amines) is 1. The second kappa shape index (κ2) is 14.9. The van der Waals surface area contributed by atoms with Crippen molar-refractivity contribution in [1.29, 1.82) is 0 Å². The van der Waals surface area contributed by atoms with E-state index in [-0.39, 0.29) is 18.1 Å². The van der Waals surface area contributed by atoms with Crippen LogP contribution in [-0.4, -0.2) is 77.3 Å². The normalized spacial score (nSPS) is 18.0. The Morgan fingerprint density at radius 2 is 1.45 bits per heavy atom. The van der Waals surface area contributed by atoms with Gasteiger partial charge in [0, 0.05) is 61.5 Å². The summed E-state index contributed by atoms with van der Waals surface area (Å²) in [6.45, 7) is 2.41. The van der Waals surface area contributed by atoms with E-state index in [1.54, 1.807) is 33.7 Å². The second-order valence-corrected chi connectivity index (χ2v) is 12.6. The van der Waals surface area contributed by atoms with Gasteiger partial charge < -0.3 is 19.5 Å². The first-order valence-corrected chi connectivity index (χ1v) is 16.6. The first-order chi connectivity index (χ1) is 22.9. The van der Waals surface area contributed by atoms with Gasteiger partial charge in [0.05, 0.1) is 54.2 Å². The number of benzene rings is 2. The number of hydrogen-bond acceptors (Lipinski definition) is 9. The Balaban J connectivity index is 1.23. The van der Waals surface area contributed by atoms with Crippen LogP contribution in [0.15, 0.2) is 48.8 Å². The van der Waals surface area contributed by atoms with E-state index in [1.165, 1.54) is 0 Å². The second-order valence-electron chi connectivity index (χ2n) is 11.8. The summed E-state index contributed by atoms with van der Waals surface area (Å²) >= 11 is 14.1. The Morgan fingerprint density at radius 1 is 0.851 bits per heavy atom. The summed E-state index contributed by atoms with van der Waals surface area (Å²) in [4.78, 5) is 32.8. The highest BCUT2D eigenvalue weighted by molar-refractivity contribution is 6.39. The Labute approximate surface area is 284 Å². The van der Waals surface area contributed by atoms with Crippen molar-refractivity contribution in [2.45, 2.75) is 57.2 Å². The number of nitrogens with zero attached hydrogens (tertiary/aromatic N) is 5. The van der Waals surface area contributed by atoms with Gasteiger partial charge in [-0.25, -0.2) is 9.97 Å². The molecule has 0 bridgehead atoms. The van der Waals surface area contributed by atoms with Crippen LogP contribution >= 0.6 is 23.2 Å². The number of aryl methyl sites for hydroxylation is 1. The molecule has 0 spiro atoms. The van der Waals surface area contributed by atoms with Gasteiger partial charge in [-0.05, 0) is 32.1 Å². The average molecular weight is 678 g/mol. The molecular formula is C35H38Cl2N6O4. The van der Waals surface area contributed by atoms with Crippen LogP contribution in [0.2, 0.25) is 10.0 Å². The van der Waals surface area contributed by atoms with Crippen molar-refractivity contribution in [3.8, 4) is 45.4 Å². The fourth-order valence-corrected chi connectivity index (χ4v) is 6.94. The van der Waals surface area contributed by atoms with E-state index >= 15 is 0 Å². The molecule has 246 valence electrons. The molecule has 4 heterocycles. The third-order valence-electron chi connectivity index (χ3n) is 8.84. The van der Waals surface area contributed by atoms with E-state index in [1.807, 2.05) is 36.4 Å². The Bertz CT molecular complexity index is 1760. The van der Waals surface area contributed by atoms with Crippen molar-refractivity contribution in [3.05, 3.63) is 70.2 Å². The van der Waals surface area contributed by atoms with E-state index in [0.29, 0.717) is 63.7 Å². The molecule has 1 amide bonds. The number of hydrogen-bond donors (Lipinski definition) is 1. The molecular weight excluding hydrogens is 639 g/mol. The van der Waals surface area contributed by atoms with Gasteiger partial charge in [0.15, 0.2) is 0 Å². The van der Waals surface area contributed by atoms with Crippen LogP contribution in [0.5, 0.6) is 11.8 Å². The van der Waals surface area contributed by atoms with E-state index in [9.17, 15) is 4.79 Å². The number of carbonyl (C=O) groups is 1. The summed E-state index contributed by atoms with van der Waals surface area (Å²) in [5.41, 5.74) is 5.64. The minimum Gasteiger partial charge on any atom is -0.480 e. The molecule has 2 aromatic heterocycles. The number of halogens is 2. The number of nitrogens with one attached hydrogen (secondary N) is 1. The number of methoxy groups -OCH3 is 3. The molecule has 2 aliphatic heterocycles. The van der Waals surface area contributed by atoms with Gasteiger partial charge in [-0.2, -0.15) is 0 Å². The minimum atomic E-state index is 0.126. The molecule has 2 atom stereocenters. The molecule has 12 heteroatoms. The molecule has 47 heavy (non-hydrogen) atoms. The number of aromatic nitrogens is 4. The van der Waals surface area contributed by atoms with Crippen LogP contribution in [0.1, 0.15) is 43.5 Å². The third-order valence-corrected chi connectivity index (χ3v) is 9.65. The quantitative estimate of drug-likeness (QED) is 0.182. The highest BCUT2D eigenvalue weighted by Crippen LogP contribution is 2.42. The van der Waals surface area contributed by atoms with Gasteiger partial charge in [-0.15, -0.1) is 0 Å². The number of carbonyl (C=O) groups excluding carboxylic acids is 1. The summed E-state index contributed by atoms with van der Waals surface area (Å²) in [5, 5.41) is 4.00. The molecule has 1 N–H and O–H groups in total. The zero-order chi connectivity index (χ0) is 32.9. The maximum Gasteiger partial charge on any atom is 0.237 e. The highest BCUT2D eigenvalue weighted by Gasteiger charge is 2.25. The lowest BCUT2D eigenvalue weighted by atomic mass is 9.98. The molecule has 0 unspecified atom stereocenters. The molecule has 10 nitrogen and oxygen atoms in total. The predicted octanol–water partition coefficient (Wildman–Crippen LogP) is 6.41. The van der Waals surface area contributed by atoms with Gasteiger partial charge in [-0.3, -0.25) is 19.7 Å². The Kier molecular flexibility index (Phi) is 10.5. The van der Waals surface area contributed by atoms with Crippen molar-refractivity contribution < 1.29 is 19.0 Å². The van der Waals surface area contributed by atoms with E-state index < -0.39 is 0 Å². The summed E-state index contributed by atoms with van der Waals surface area (Å²) in [6.07, 6.45) is 8.61. The molecule has 2 aromatic carbocycles. The lowest BCUT2D eigenvalue weighted by Crippen LogP contribution is -2.25. The molecule has 2 saturated heterocycles. The Morgan fingerprint density at radius 3 is 2.00 bits per heavy atom. The summed E-state index contributed by atoms with van der Waals surface area (Å²) < 4.78 is 16.8. The molecule has 2 fully saturated rings. The van der Waals surface area contributed by atoms with Crippen LogP contribution in [0.4, 0.5) is 0 Å². The van der Waals surface area contributed by atoms with Gasteiger partial charge >= 0.3 is 0 Å². The van der Waals surface area contributed by atoms with Gasteiger partial charge in [0.2, 0.25) is 17.7 Å². The average Bonchev–Trinajstić information content (AvgIpc) is 3.73. The zero-order valence-electron chi connectivity index (χ0n) is 26.8. The van der Waals surface area contributed by atoms with E-state index in [0.717, 1.165) is 61.3 Å². The summed E-state index contributed by atoms with van der Waals surface area (Å²) in [6, 6.07) is 11.7. The van der Waals surface area contributed by atoms with Crippen molar-refractivity contribution in [2.75, 3.05) is 34.4 Å². The zero-order valence-corrected chi connectivity index (χ0v) is 28.3. The maximum atomic E-state index is 11.5. The van der Waals surface area contributed by atoms with Crippen molar-refractivity contribution >= 4 is 29.1 Å². The standard InChI is InChI=1S/C35H38Cl2N6O4/c1-45-22-15-16-43(19-22)20-30-35(47-3)42-29(18-39-30)26-11-6-9-24(33(26)37)23-8-5-10-25(32(23)36)28-17-38-27(34(41-28)46-2)12-4-7-21-13-14-31(44)40-21/h5-6,8-11,17-18,21-22H,4,7,12-16,19-20H2,1-3H3,(H,40,44)/t21-,22-/m1/s1. The van der Waals surface area contributed by atoms with Crippen molar-refractivity contribution in [2.24, 2.45) is 0 Å². The van der Waals surface area contributed by atoms with Crippen LogP contribution < -0.4 is 14.8 Å². The van der Waals surface area contributed by atoms with Crippen molar-refractivity contribution in [1.82, 2.24) is 30.2 Å². The van der Waals surface area contributed by atoms with Gasteiger partial charge in [0.1, 0.15) is 11.4 Å². The molecule has 6 rings (SSSR count). The Hall–Kier alpha value is -3.83. The monoisotopic (exact) mass is 676 g/mol. The van der Waals surface area contributed by atoms with Gasteiger partial charge in [-0.1, -0.05) is 59.6 Å². The SMILES string of the molecule is COc1nc(-c2cccc(-c3cccc(-c4cnc(CN5CC[C@@H](OC)C5)c(OC)n4)c3Cl)c2Cl)cnc1CCC[C@@H]1CCC(=O)N1. The molecule has 0 saturated carbocycles. The van der Waals surface area contributed by atoms with Crippen LogP contribution in [0.3, 0.4) is 0 Å². The molecule has 0 aliphatic carbocycles. The third kappa shape index (κ3) is 7.36. The van der Waals surface area contributed by atoms with Crippen LogP contribution in [-0.2, 0) is 22.5 Å². The smallest absolute Gasteiger partial charge is 0.237 e. The maximum absolute atomic E-state index is 11.5. The largest absolute Gasteiger partial charge is 0.480 e.